The van der Waals surface area contributed by atoms with Crippen molar-refractivity contribution in [2.45, 2.75) is 17.4 Å². The van der Waals surface area contributed by atoms with Gasteiger partial charge in [0.25, 0.3) is 5.69 Å². The predicted octanol–water partition coefficient (Wildman–Crippen LogP) is 4.92. The zero-order chi connectivity index (χ0) is 19.5. The van der Waals surface area contributed by atoms with Gasteiger partial charge in [-0.1, -0.05) is 30.3 Å². The summed E-state index contributed by atoms with van der Waals surface area (Å²) in [4.78, 5) is 27.6. The molecule has 0 bridgehead atoms. The molecule has 0 aliphatic carbocycles. The van der Waals surface area contributed by atoms with Crippen LogP contribution in [0.1, 0.15) is 22.0 Å². The second-order valence-corrected chi connectivity index (χ2v) is 8.54. The summed E-state index contributed by atoms with van der Waals surface area (Å²) in [6.45, 7) is 0.701. The van der Waals surface area contributed by atoms with Gasteiger partial charge in [-0.15, -0.1) is 23.1 Å². The number of nitro groups is 1. The van der Waals surface area contributed by atoms with Crippen LogP contribution in [0.15, 0.2) is 70.9 Å². The van der Waals surface area contributed by atoms with Gasteiger partial charge >= 0.3 is 0 Å². The standard InChI is InChI=1S/C21H18N2O3S2/c24-20(14-28-17-8-6-16(7-9-17)23(25)26)22-12-10-19-18(11-13-27-19)21(22)15-4-2-1-3-5-15/h1-9,11,13,21H,10,12,14H2/t21-/m1/s1. The van der Waals surface area contributed by atoms with Crippen LogP contribution in [-0.2, 0) is 11.2 Å². The van der Waals surface area contributed by atoms with E-state index < -0.39 is 4.92 Å². The molecule has 1 atom stereocenters. The minimum atomic E-state index is -0.420. The third-order valence-electron chi connectivity index (χ3n) is 4.81. The summed E-state index contributed by atoms with van der Waals surface area (Å²) in [7, 11) is 0. The maximum Gasteiger partial charge on any atom is 0.269 e. The average Bonchev–Trinajstić information content (AvgIpc) is 3.21. The summed E-state index contributed by atoms with van der Waals surface area (Å²) in [5.41, 5.74) is 2.40. The summed E-state index contributed by atoms with van der Waals surface area (Å²) in [5, 5.41) is 12.9. The smallest absolute Gasteiger partial charge is 0.269 e. The fourth-order valence-corrected chi connectivity index (χ4v) is 5.16. The first-order valence-corrected chi connectivity index (χ1v) is 10.8. The number of benzene rings is 2. The third kappa shape index (κ3) is 3.81. The highest BCUT2D eigenvalue weighted by molar-refractivity contribution is 8.00. The maximum atomic E-state index is 13.1. The Bertz CT molecular complexity index is 986. The van der Waals surface area contributed by atoms with Crippen molar-refractivity contribution in [3.05, 3.63) is 92.2 Å². The van der Waals surface area contributed by atoms with Crippen molar-refractivity contribution in [3.63, 3.8) is 0 Å². The first-order chi connectivity index (χ1) is 13.6. The van der Waals surface area contributed by atoms with Crippen LogP contribution in [0.4, 0.5) is 5.69 Å². The van der Waals surface area contributed by atoms with E-state index in [0.717, 1.165) is 16.9 Å². The summed E-state index contributed by atoms with van der Waals surface area (Å²) in [6, 6.07) is 18.5. The molecule has 1 aliphatic heterocycles. The predicted molar refractivity (Wildman–Crippen MR) is 112 cm³/mol. The second-order valence-electron chi connectivity index (χ2n) is 6.49. The summed E-state index contributed by atoms with van der Waals surface area (Å²) >= 11 is 3.17. The van der Waals surface area contributed by atoms with Crippen molar-refractivity contribution in [1.82, 2.24) is 4.90 Å². The fourth-order valence-electron chi connectivity index (χ4n) is 3.47. The van der Waals surface area contributed by atoms with Gasteiger partial charge < -0.3 is 4.90 Å². The molecular formula is C21H18N2O3S2. The van der Waals surface area contributed by atoms with Gasteiger partial charge in [-0.3, -0.25) is 14.9 Å². The van der Waals surface area contributed by atoms with E-state index >= 15 is 0 Å². The molecule has 0 radical (unpaired) electrons. The van der Waals surface area contributed by atoms with Crippen molar-refractivity contribution in [3.8, 4) is 0 Å². The highest BCUT2D eigenvalue weighted by atomic mass is 32.2. The SMILES string of the molecule is O=C(CSc1ccc([N+](=O)[O-])cc1)N1CCc2sccc2[C@H]1c1ccccc1. The molecule has 2 heterocycles. The average molecular weight is 411 g/mol. The van der Waals surface area contributed by atoms with Gasteiger partial charge in [-0.2, -0.15) is 0 Å². The third-order valence-corrected chi connectivity index (χ3v) is 6.80. The van der Waals surface area contributed by atoms with E-state index in [-0.39, 0.29) is 17.6 Å². The first kappa shape index (κ1) is 18.7. The number of fused-ring (bicyclic) bond motifs is 1. The normalized spacial score (nSPS) is 15.9. The van der Waals surface area contributed by atoms with Crippen LogP contribution in [0.5, 0.6) is 0 Å². The summed E-state index contributed by atoms with van der Waals surface area (Å²) in [6.07, 6.45) is 0.879. The Kier molecular flexibility index (Phi) is 5.45. The van der Waals surface area contributed by atoms with Crippen LogP contribution in [0.3, 0.4) is 0 Å². The van der Waals surface area contributed by atoms with Crippen molar-refractivity contribution < 1.29 is 9.72 Å². The van der Waals surface area contributed by atoms with E-state index in [9.17, 15) is 14.9 Å². The molecule has 1 aliphatic rings. The molecule has 0 fully saturated rings. The Morgan fingerprint density at radius 2 is 1.89 bits per heavy atom. The molecule has 3 aromatic rings. The Morgan fingerprint density at radius 1 is 1.14 bits per heavy atom. The largest absolute Gasteiger partial charge is 0.330 e. The molecule has 0 unspecified atom stereocenters. The van der Waals surface area contributed by atoms with Gasteiger partial charge in [0.15, 0.2) is 0 Å². The van der Waals surface area contributed by atoms with Gasteiger partial charge in [-0.05, 0) is 41.1 Å². The lowest BCUT2D eigenvalue weighted by molar-refractivity contribution is -0.384. The number of nitrogens with zero attached hydrogens (tertiary/aromatic N) is 2. The van der Waals surface area contributed by atoms with E-state index in [1.54, 1.807) is 23.5 Å². The van der Waals surface area contributed by atoms with Crippen molar-refractivity contribution >= 4 is 34.7 Å². The lowest BCUT2D eigenvalue weighted by Gasteiger charge is -2.36. The highest BCUT2D eigenvalue weighted by Gasteiger charge is 2.32. The van der Waals surface area contributed by atoms with Gasteiger partial charge in [0.2, 0.25) is 5.91 Å². The molecule has 4 rings (SSSR count). The maximum absolute atomic E-state index is 13.1. The molecule has 2 aromatic carbocycles. The van der Waals surface area contributed by atoms with Crippen molar-refractivity contribution in [1.29, 1.82) is 0 Å². The van der Waals surface area contributed by atoms with Crippen molar-refractivity contribution in [2.24, 2.45) is 0 Å². The molecule has 1 amide bonds. The Morgan fingerprint density at radius 3 is 2.61 bits per heavy atom. The Labute approximate surface area is 171 Å². The Hall–Kier alpha value is -2.64. The van der Waals surface area contributed by atoms with E-state index in [0.29, 0.717) is 12.3 Å². The Balaban J connectivity index is 1.52. The minimum absolute atomic E-state index is 0.0545. The number of hydrogen-bond acceptors (Lipinski definition) is 5. The summed E-state index contributed by atoms with van der Waals surface area (Å²) in [5.74, 6) is 0.384. The topological polar surface area (TPSA) is 63.4 Å². The van der Waals surface area contributed by atoms with Crippen LogP contribution >= 0.6 is 23.1 Å². The molecular weight excluding hydrogens is 392 g/mol. The molecule has 0 saturated heterocycles. The van der Waals surface area contributed by atoms with Crippen LogP contribution in [0.2, 0.25) is 0 Å². The molecule has 0 saturated carbocycles. The van der Waals surface area contributed by atoms with Gasteiger partial charge in [0.05, 0.1) is 16.7 Å². The molecule has 7 heteroatoms. The highest BCUT2D eigenvalue weighted by Crippen LogP contribution is 2.38. The fraction of sp³-hybridized carbons (Fsp3) is 0.190. The number of carbonyl (C=O) groups excluding carboxylic acids is 1. The summed E-state index contributed by atoms with van der Waals surface area (Å²) < 4.78 is 0. The number of hydrogen-bond donors (Lipinski definition) is 0. The zero-order valence-corrected chi connectivity index (χ0v) is 16.6. The molecule has 5 nitrogen and oxygen atoms in total. The monoisotopic (exact) mass is 410 g/mol. The second kappa shape index (κ2) is 8.16. The zero-order valence-electron chi connectivity index (χ0n) is 15.0. The number of non-ortho nitro benzene ring substituents is 1. The number of thiophene rings is 1. The quantitative estimate of drug-likeness (QED) is 0.340. The van der Waals surface area contributed by atoms with Crippen LogP contribution < -0.4 is 0 Å². The molecule has 0 spiro atoms. The lowest BCUT2D eigenvalue weighted by atomic mass is 9.93. The van der Waals surface area contributed by atoms with Crippen LogP contribution in [-0.4, -0.2) is 28.0 Å². The number of nitro benzene ring substituents is 1. The van der Waals surface area contributed by atoms with Crippen LogP contribution in [0, 0.1) is 10.1 Å². The van der Waals surface area contributed by atoms with E-state index in [1.807, 2.05) is 23.1 Å². The van der Waals surface area contributed by atoms with Crippen LogP contribution in [0.25, 0.3) is 0 Å². The molecule has 0 N–H and O–H groups in total. The minimum Gasteiger partial charge on any atom is -0.330 e. The van der Waals surface area contributed by atoms with Gasteiger partial charge in [-0.25, -0.2) is 0 Å². The number of thioether (sulfide) groups is 1. The molecule has 142 valence electrons. The van der Waals surface area contributed by atoms with E-state index in [4.69, 9.17) is 0 Å². The number of carbonyl (C=O) groups is 1. The van der Waals surface area contributed by atoms with E-state index in [1.165, 1.54) is 34.3 Å². The number of rotatable bonds is 5. The van der Waals surface area contributed by atoms with E-state index in [2.05, 4.69) is 23.6 Å². The van der Waals surface area contributed by atoms with Gasteiger partial charge in [0, 0.05) is 28.5 Å². The molecule has 28 heavy (non-hydrogen) atoms. The van der Waals surface area contributed by atoms with Crippen molar-refractivity contribution in [2.75, 3.05) is 12.3 Å². The first-order valence-electron chi connectivity index (χ1n) is 8.91. The molecule has 1 aromatic heterocycles. The number of amides is 1. The lowest BCUT2D eigenvalue weighted by Crippen LogP contribution is -2.41. The van der Waals surface area contributed by atoms with Gasteiger partial charge in [0.1, 0.15) is 0 Å².